The zero-order valence-corrected chi connectivity index (χ0v) is 15.9. The standard InChI is InChI=1S/C22H25N3O3/c26-20-10-4-3-9-19(20)24-15-13-23(14-16-24)11-5-6-12-25-21(27)17-7-1-2-8-18(17)22(25)28/h1-4,7-10,26H,5-6,11-16H2. The van der Waals surface area contributed by atoms with Crippen molar-refractivity contribution in [1.29, 1.82) is 0 Å². The second-order valence-corrected chi connectivity index (χ2v) is 7.33. The lowest BCUT2D eigenvalue weighted by molar-refractivity contribution is 0.0650. The van der Waals surface area contributed by atoms with Crippen molar-refractivity contribution in [2.45, 2.75) is 12.8 Å². The second kappa shape index (κ2) is 8.02. The van der Waals surface area contributed by atoms with E-state index in [4.69, 9.17) is 0 Å². The number of aromatic hydroxyl groups is 1. The highest BCUT2D eigenvalue weighted by Crippen LogP contribution is 2.27. The Hall–Kier alpha value is -2.86. The van der Waals surface area contributed by atoms with E-state index in [0.717, 1.165) is 51.3 Å². The zero-order valence-electron chi connectivity index (χ0n) is 15.9. The molecule has 0 spiro atoms. The molecule has 2 amide bonds. The summed E-state index contributed by atoms with van der Waals surface area (Å²) < 4.78 is 0. The fraction of sp³-hybridized carbons (Fsp3) is 0.364. The van der Waals surface area contributed by atoms with Crippen molar-refractivity contribution in [2.75, 3.05) is 44.2 Å². The molecule has 1 N–H and O–H groups in total. The number of piperazine rings is 1. The third kappa shape index (κ3) is 3.60. The van der Waals surface area contributed by atoms with Crippen molar-refractivity contribution in [2.24, 2.45) is 0 Å². The van der Waals surface area contributed by atoms with Gasteiger partial charge in [0.2, 0.25) is 0 Å². The van der Waals surface area contributed by atoms with Gasteiger partial charge in [-0.05, 0) is 43.7 Å². The molecule has 0 saturated carbocycles. The van der Waals surface area contributed by atoms with Gasteiger partial charge in [0.25, 0.3) is 11.8 Å². The Bertz CT molecular complexity index is 840. The summed E-state index contributed by atoms with van der Waals surface area (Å²) in [5, 5.41) is 10.00. The number of hydrogen-bond acceptors (Lipinski definition) is 5. The van der Waals surface area contributed by atoms with E-state index < -0.39 is 0 Å². The van der Waals surface area contributed by atoms with Crippen LogP contribution in [0, 0.1) is 0 Å². The number of amides is 2. The lowest BCUT2D eigenvalue weighted by Gasteiger charge is -2.36. The summed E-state index contributed by atoms with van der Waals surface area (Å²) in [6, 6.07) is 14.5. The summed E-state index contributed by atoms with van der Waals surface area (Å²) in [4.78, 5) is 30.7. The minimum atomic E-state index is -0.170. The average Bonchev–Trinajstić information content (AvgIpc) is 2.97. The number of benzene rings is 2. The van der Waals surface area contributed by atoms with Crippen LogP contribution in [0.4, 0.5) is 5.69 Å². The van der Waals surface area contributed by atoms with Crippen LogP contribution in [-0.2, 0) is 0 Å². The first-order chi connectivity index (χ1) is 13.6. The largest absolute Gasteiger partial charge is 0.506 e. The Labute approximate surface area is 165 Å². The number of rotatable bonds is 6. The molecule has 1 saturated heterocycles. The van der Waals surface area contributed by atoms with Crippen LogP contribution in [0.15, 0.2) is 48.5 Å². The van der Waals surface area contributed by atoms with E-state index in [1.54, 1.807) is 30.3 Å². The van der Waals surface area contributed by atoms with Crippen LogP contribution in [0.1, 0.15) is 33.6 Å². The van der Waals surface area contributed by atoms with Crippen LogP contribution in [-0.4, -0.2) is 66.0 Å². The maximum Gasteiger partial charge on any atom is 0.261 e. The lowest BCUT2D eigenvalue weighted by atomic mass is 10.1. The van der Waals surface area contributed by atoms with E-state index in [-0.39, 0.29) is 11.8 Å². The number of anilines is 1. The Morgan fingerprint density at radius 1 is 0.750 bits per heavy atom. The van der Waals surface area contributed by atoms with Crippen LogP contribution in [0.25, 0.3) is 0 Å². The minimum Gasteiger partial charge on any atom is -0.506 e. The molecule has 2 heterocycles. The molecule has 1 fully saturated rings. The molecule has 2 aromatic rings. The van der Waals surface area contributed by atoms with Crippen molar-refractivity contribution < 1.29 is 14.7 Å². The number of carbonyl (C=O) groups is 2. The topological polar surface area (TPSA) is 64.1 Å². The number of unbranched alkanes of at least 4 members (excludes halogenated alkanes) is 1. The molecule has 146 valence electrons. The molecular weight excluding hydrogens is 354 g/mol. The van der Waals surface area contributed by atoms with Gasteiger partial charge in [-0.15, -0.1) is 0 Å². The maximum absolute atomic E-state index is 12.4. The summed E-state index contributed by atoms with van der Waals surface area (Å²) in [5.74, 6) is -0.00865. The van der Waals surface area contributed by atoms with Crippen molar-refractivity contribution in [3.8, 4) is 5.75 Å². The van der Waals surface area contributed by atoms with Gasteiger partial charge in [0.1, 0.15) is 5.75 Å². The van der Waals surface area contributed by atoms with E-state index in [1.165, 1.54) is 4.90 Å². The van der Waals surface area contributed by atoms with Crippen LogP contribution >= 0.6 is 0 Å². The minimum absolute atomic E-state index is 0.170. The smallest absolute Gasteiger partial charge is 0.261 e. The summed E-state index contributed by atoms with van der Waals surface area (Å²) in [7, 11) is 0. The third-order valence-corrected chi connectivity index (χ3v) is 5.58. The first-order valence-corrected chi connectivity index (χ1v) is 9.85. The predicted octanol–water partition coefficient (Wildman–Crippen LogP) is 2.59. The van der Waals surface area contributed by atoms with Crippen molar-refractivity contribution in [3.05, 3.63) is 59.7 Å². The predicted molar refractivity (Wildman–Crippen MR) is 108 cm³/mol. The third-order valence-electron chi connectivity index (χ3n) is 5.58. The molecule has 6 heteroatoms. The fourth-order valence-corrected chi connectivity index (χ4v) is 3.99. The quantitative estimate of drug-likeness (QED) is 0.617. The van der Waals surface area contributed by atoms with Crippen LogP contribution in [0.3, 0.4) is 0 Å². The first kappa shape index (κ1) is 18.5. The molecule has 28 heavy (non-hydrogen) atoms. The lowest BCUT2D eigenvalue weighted by Crippen LogP contribution is -2.46. The van der Waals surface area contributed by atoms with Gasteiger partial charge in [-0.25, -0.2) is 0 Å². The molecule has 2 aliphatic rings. The number of nitrogens with zero attached hydrogens (tertiary/aromatic N) is 3. The second-order valence-electron chi connectivity index (χ2n) is 7.33. The Kier molecular flexibility index (Phi) is 5.30. The molecule has 4 rings (SSSR count). The average molecular weight is 379 g/mol. The van der Waals surface area contributed by atoms with Gasteiger partial charge in [-0.1, -0.05) is 24.3 Å². The fourth-order valence-electron chi connectivity index (χ4n) is 3.99. The Balaban J connectivity index is 1.21. The highest BCUT2D eigenvalue weighted by Gasteiger charge is 2.34. The Morgan fingerprint density at radius 3 is 1.96 bits per heavy atom. The van der Waals surface area contributed by atoms with E-state index in [2.05, 4.69) is 9.80 Å². The number of carbonyl (C=O) groups excluding carboxylic acids is 2. The first-order valence-electron chi connectivity index (χ1n) is 9.85. The SMILES string of the molecule is O=C1c2ccccc2C(=O)N1CCCCN1CCN(c2ccccc2O)CC1. The molecule has 0 atom stereocenters. The van der Waals surface area contributed by atoms with E-state index in [9.17, 15) is 14.7 Å². The number of phenolic OH excluding ortho intramolecular Hbond substituents is 1. The van der Waals surface area contributed by atoms with Gasteiger partial charge in [0.15, 0.2) is 0 Å². The van der Waals surface area contributed by atoms with Crippen LogP contribution < -0.4 is 4.90 Å². The number of fused-ring (bicyclic) bond motifs is 1. The summed E-state index contributed by atoms with van der Waals surface area (Å²) >= 11 is 0. The summed E-state index contributed by atoms with van der Waals surface area (Å²) in [6.07, 6.45) is 1.76. The van der Waals surface area contributed by atoms with Gasteiger partial charge < -0.3 is 10.0 Å². The van der Waals surface area contributed by atoms with Crippen LogP contribution in [0.5, 0.6) is 5.75 Å². The van der Waals surface area contributed by atoms with E-state index in [0.29, 0.717) is 23.4 Å². The molecular formula is C22H25N3O3. The molecule has 2 aromatic carbocycles. The monoisotopic (exact) mass is 379 g/mol. The van der Waals surface area contributed by atoms with Gasteiger partial charge in [-0.2, -0.15) is 0 Å². The number of imide groups is 1. The number of phenols is 1. The highest BCUT2D eigenvalue weighted by molar-refractivity contribution is 6.21. The molecule has 2 aliphatic heterocycles. The normalized spacial score (nSPS) is 17.3. The molecule has 0 unspecified atom stereocenters. The maximum atomic E-state index is 12.4. The molecule has 0 aromatic heterocycles. The van der Waals surface area contributed by atoms with Crippen molar-refractivity contribution in [3.63, 3.8) is 0 Å². The molecule has 0 radical (unpaired) electrons. The number of para-hydroxylation sites is 2. The van der Waals surface area contributed by atoms with Crippen LogP contribution in [0.2, 0.25) is 0 Å². The van der Waals surface area contributed by atoms with E-state index >= 15 is 0 Å². The van der Waals surface area contributed by atoms with Gasteiger partial charge in [0.05, 0.1) is 16.8 Å². The van der Waals surface area contributed by atoms with Gasteiger partial charge in [0, 0.05) is 32.7 Å². The summed E-state index contributed by atoms with van der Waals surface area (Å²) in [5.41, 5.74) is 1.94. The van der Waals surface area contributed by atoms with Gasteiger partial charge >= 0.3 is 0 Å². The highest BCUT2D eigenvalue weighted by atomic mass is 16.3. The zero-order chi connectivity index (χ0) is 19.5. The van der Waals surface area contributed by atoms with Crippen molar-refractivity contribution >= 4 is 17.5 Å². The van der Waals surface area contributed by atoms with E-state index in [1.807, 2.05) is 18.2 Å². The summed E-state index contributed by atoms with van der Waals surface area (Å²) in [6.45, 7) is 5.09. The number of hydrogen-bond donors (Lipinski definition) is 1. The van der Waals surface area contributed by atoms with Crippen molar-refractivity contribution in [1.82, 2.24) is 9.80 Å². The van der Waals surface area contributed by atoms with Gasteiger partial charge in [-0.3, -0.25) is 19.4 Å². The molecule has 0 aliphatic carbocycles. The molecule has 0 bridgehead atoms. The Morgan fingerprint density at radius 2 is 1.32 bits per heavy atom. The molecule has 6 nitrogen and oxygen atoms in total.